The van der Waals surface area contributed by atoms with E-state index < -0.39 is 0 Å². The number of carbonyl (C=O) groups excluding carboxylic acids is 1. The SMILES string of the molecule is NCCCCNC(=O)NCC1CO1. The summed E-state index contributed by atoms with van der Waals surface area (Å²) in [6.07, 6.45) is 2.13. The largest absolute Gasteiger partial charge is 0.371 e. The average molecular weight is 187 g/mol. The Labute approximate surface area is 78.0 Å². The monoisotopic (exact) mass is 187 g/mol. The molecule has 0 radical (unpaired) electrons. The fraction of sp³-hybridized carbons (Fsp3) is 0.875. The molecule has 0 saturated carbocycles. The van der Waals surface area contributed by atoms with Gasteiger partial charge < -0.3 is 21.1 Å². The number of hydrogen-bond acceptors (Lipinski definition) is 3. The molecule has 1 rings (SSSR count). The van der Waals surface area contributed by atoms with Crippen molar-refractivity contribution >= 4 is 6.03 Å². The number of hydrogen-bond donors (Lipinski definition) is 3. The van der Waals surface area contributed by atoms with E-state index in [0.717, 1.165) is 19.4 Å². The number of nitrogens with two attached hydrogens (primary N) is 1. The van der Waals surface area contributed by atoms with Crippen molar-refractivity contribution in [3.63, 3.8) is 0 Å². The lowest BCUT2D eigenvalue weighted by Gasteiger charge is -2.05. The van der Waals surface area contributed by atoms with Gasteiger partial charge in [0.2, 0.25) is 0 Å². The second-order valence-corrected chi connectivity index (χ2v) is 3.09. The molecule has 1 fully saturated rings. The van der Waals surface area contributed by atoms with Gasteiger partial charge in [-0.3, -0.25) is 0 Å². The molecule has 76 valence electrons. The summed E-state index contributed by atoms with van der Waals surface area (Å²) >= 11 is 0. The average Bonchev–Trinajstić information content (AvgIpc) is 2.92. The van der Waals surface area contributed by atoms with Crippen LogP contribution in [0.15, 0.2) is 0 Å². The summed E-state index contributed by atoms with van der Waals surface area (Å²) < 4.78 is 4.94. The molecule has 1 atom stereocenters. The van der Waals surface area contributed by atoms with Gasteiger partial charge in [-0.25, -0.2) is 4.79 Å². The molecular formula is C8H17N3O2. The normalized spacial score (nSPS) is 19.6. The van der Waals surface area contributed by atoms with E-state index in [1.807, 2.05) is 0 Å². The molecule has 1 unspecified atom stereocenters. The smallest absolute Gasteiger partial charge is 0.314 e. The number of urea groups is 1. The highest BCUT2D eigenvalue weighted by atomic mass is 16.6. The number of rotatable bonds is 6. The number of amides is 2. The maximum absolute atomic E-state index is 11.0. The zero-order valence-corrected chi connectivity index (χ0v) is 7.71. The summed E-state index contributed by atoms with van der Waals surface area (Å²) in [7, 11) is 0. The Hall–Kier alpha value is -0.810. The van der Waals surface area contributed by atoms with Gasteiger partial charge in [-0.05, 0) is 19.4 Å². The van der Waals surface area contributed by atoms with E-state index in [0.29, 0.717) is 19.6 Å². The Morgan fingerprint density at radius 2 is 2.23 bits per heavy atom. The van der Waals surface area contributed by atoms with Crippen LogP contribution in [0.3, 0.4) is 0 Å². The van der Waals surface area contributed by atoms with Gasteiger partial charge in [-0.2, -0.15) is 0 Å². The Morgan fingerprint density at radius 1 is 1.46 bits per heavy atom. The van der Waals surface area contributed by atoms with Crippen molar-refractivity contribution in [2.24, 2.45) is 5.73 Å². The maximum atomic E-state index is 11.0. The zero-order valence-electron chi connectivity index (χ0n) is 7.71. The molecule has 1 aliphatic rings. The van der Waals surface area contributed by atoms with Gasteiger partial charge in [0.05, 0.1) is 12.7 Å². The molecule has 1 heterocycles. The minimum Gasteiger partial charge on any atom is -0.371 e. The van der Waals surface area contributed by atoms with E-state index in [2.05, 4.69) is 10.6 Å². The van der Waals surface area contributed by atoms with Gasteiger partial charge in [0.1, 0.15) is 0 Å². The zero-order chi connectivity index (χ0) is 9.52. The van der Waals surface area contributed by atoms with Crippen LogP contribution in [0.25, 0.3) is 0 Å². The molecule has 0 aliphatic carbocycles. The third kappa shape index (κ3) is 5.43. The first-order valence-electron chi connectivity index (χ1n) is 4.66. The van der Waals surface area contributed by atoms with Crippen molar-refractivity contribution < 1.29 is 9.53 Å². The maximum Gasteiger partial charge on any atom is 0.314 e. The fourth-order valence-corrected chi connectivity index (χ4v) is 0.926. The first kappa shape index (κ1) is 10.3. The van der Waals surface area contributed by atoms with E-state index in [4.69, 9.17) is 10.5 Å². The quantitative estimate of drug-likeness (QED) is 0.384. The molecule has 0 spiro atoms. The highest BCUT2D eigenvalue weighted by Crippen LogP contribution is 2.05. The summed E-state index contributed by atoms with van der Waals surface area (Å²) in [6.45, 7) is 2.75. The Morgan fingerprint density at radius 3 is 2.85 bits per heavy atom. The molecule has 0 aromatic carbocycles. The molecule has 5 heteroatoms. The first-order valence-corrected chi connectivity index (χ1v) is 4.66. The molecule has 0 aromatic heterocycles. The number of nitrogens with one attached hydrogen (secondary N) is 2. The summed E-state index contributed by atoms with van der Waals surface area (Å²) in [6, 6.07) is -0.118. The number of unbranched alkanes of at least 4 members (excludes halogenated alkanes) is 1. The number of carbonyl (C=O) groups is 1. The highest BCUT2D eigenvalue weighted by molar-refractivity contribution is 5.73. The third-order valence-electron chi connectivity index (χ3n) is 1.81. The van der Waals surface area contributed by atoms with Crippen molar-refractivity contribution in [3.05, 3.63) is 0 Å². The van der Waals surface area contributed by atoms with Crippen LogP contribution in [-0.2, 0) is 4.74 Å². The van der Waals surface area contributed by atoms with Gasteiger partial charge in [0.15, 0.2) is 0 Å². The van der Waals surface area contributed by atoms with E-state index in [1.54, 1.807) is 0 Å². The molecule has 0 bridgehead atoms. The predicted molar refractivity (Wildman–Crippen MR) is 49.4 cm³/mol. The van der Waals surface area contributed by atoms with Crippen molar-refractivity contribution in [3.8, 4) is 0 Å². The van der Waals surface area contributed by atoms with Crippen LogP contribution in [0.1, 0.15) is 12.8 Å². The predicted octanol–water partition coefficient (Wildman–Crippen LogP) is -0.577. The summed E-state index contributed by atoms with van der Waals surface area (Å²) in [5, 5.41) is 5.45. The van der Waals surface area contributed by atoms with E-state index in [1.165, 1.54) is 0 Å². The van der Waals surface area contributed by atoms with Crippen LogP contribution in [0.2, 0.25) is 0 Å². The van der Waals surface area contributed by atoms with Crippen LogP contribution in [-0.4, -0.2) is 38.4 Å². The van der Waals surface area contributed by atoms with Gasteiger partial charge in [-0.1, -0.05) is 0 Å². The van der Waals surface area contributed by atoms with Gasteiger partial charge in [-0.15, -0.1) is 0 Å². The molecule has 1 saturated heterocycles. The minimum absolute atomic E-state index is 0.118. The topological polar surface area (TPSA) is 79.7 Å². The van der Waals surface area contributed by atoms with E-state index in [9.17, 15) is 4.79 Å². The molecule has 0 aromatic rings. The van der Waals surface area contributed by atoms with Crippen molar-refractivity contribution in [2.45, 2.75) is 18.9 Å². The Bertz CT molecular complexity index is 159. The fourth-order valence-electron chi connectivity index (χ4n) is 0.926. The molecule has 5 nitrogen and oxygen atoms in total. The third-order valence-corrected chi connectivity index (χ3v) is 1.81. The lowest BCUT2D eigenvalue weighted by atomic mass is 10.3. The summed E-state index contributed by atoms with van der Waals surface area (Å²) in [5.74, 6) is 0. The van der Waals surface area contributed by atoms with Crippen LogP contribution in [0, 0.1) is 0 Å². The second-order valence-electron chi connectivity index (χ2n) is 3.09. The van der Waals surface area contributed by atoms with Crippen molar-refractivity contribution in [2.75, 3.05) is 26.2 Å². The van der Waals surface area contributed by atoms with Crippen LogP contribution in [0.5, 0.6) is 0 Å². The first-order chi connectivity index (χ1) is 6.33. The van der Waals surface area contributed by atoms with Gasteiger partial charge >= 0.3 is 6.03 Å². The van der Waals surface area contributed by atoms with E-state index >= 15 is 0 Å². The molecule has 4 N–H and O–H groups in total. The molecular weight excluding hydrogens is 170 g/mol. The van der Waals surface area contributed by atoms with Crippen LogP contribution >= 0.6 is 0 Å². The second kappa shape index (κ2) is 5.77. The van der Waals surface area contributed by atoms with Crippen molar-refractivity contribution in [1.29, 1.82) is 0 Å². The lowest BCUT2D eigenvalue weighted by Crippen LogP contribution is -2.38. The highest BCUT2D eigenvalue weighted by Gasteiger charge is 2.22. The molecule has 1 aliphatic heterocycles. The van der Waals surface area contributed by atoms with E-state index in [-0.39, 0.29) is 12.1 Å². The van der Waals surface area contributed by atoms with Crippen molar-refractivity contribution in [1.82, 2.24) is 10.6 Å². The van der Waals surface area contributed by atoms with Gasteiger partial charge in [0.25, 0.3) is 0 Å². The minimum atomic E-state index is -0.118. The lowest BCUT2D eigenvalue weighted by molar-refractivity contribution is 0.239. The summed E-state index contributed by atoms with van der Waals surface area (Å²) in [5.41, 5.74) is 5.31. The summed E-state index contributed by atoms with van der Waals surface area (Å²) in [4.78, 5) is 11.0. The van der Waals surface area contributed by atoms with Crippen LogP contribution < -0.4 is 16.4 Å². The molecule has 13 heavy (non-hydrogen) atoms. The Balaban J connectivity index is 1.84. The Kier molecular flexibility index (Phi) is 4.56. The molecule has 2 amide bonds. The van der Waals surface area contributed by atoms with Gasteiger partial charge in [0, 0.05) is 13.1 Å². The number of ether oxygens (including phenoxy) is 1. The van der Waals surface area contributed by atoms with Crippen LogP contribution in [0.4, 0.5) is 4.79 Å². The number of epoxide rings is 1. The standard InChI is InChI=1S/C8H17N3O2/c9-3-1-2-4-10-8(12)11-5-7-6-13-7/h7H,1-6,9H2,(H2,10,11,12).